The number of pyridine rings is 1. The first-order valence-corrected chi connectivity index (χ1v) is 12.5. The Morgan fingerprint density at radius 1 is 1.17 bits per heavy atom. The second-order valence-corrected chi connectivity index (χ2v) is 8.98. The summed E-state index contributed by atoms with van der Waals surface area (Å²) in [6.07, 6.45) is 5.46. The number of hydrogen-bond donors (Lipinski definition) is 1. The van der Waals surface area contributed by atoms with E-state index in [2.05, 4.69) is 15.0 Å². The number of nitrogen functional groups attached to an aromatic ring is 1. The van der Waals surface area contributed by atoms with E-state index in [4.69, 9.17) is 33.7 Å². The second kappa shape index (κ2) is 10.7. The predicted molar refractivity (Wildman–Crippen MR) is 143 cm³/mol. The van der Waals surface area contributed by atoms with E-state index in [-0.39, 0.29) is 11.1 Å². The molecule has 10 heteroatoms. The summed E-state index contributed by atoms with van der Waals surface area (Å²) in [4.78, 5) is 27.6. The van der Waals surface area contributed by atoms with Crippen LogP contribution in [-0.2, 0) is 6.42 Å². The van der Waals surface area contributed by atoms with Gasteiger partial charge in [0.15, 0.2) is 11.0 Å². The summed E-state index contributed by atoms with van der Waals surface area (Å²) < 4.78 is 7.98. The number of aromatic nitrogens is 4. The summed E-state index contributed by atoms with van der Waals surface area (Å²) in [6.45, 7) is 9.45. The van der Waals surface area contributed by atoms with Crippen LogP contribution in [0.5, 0.6) is 5.75 Å². The molecule has 2 N–H and O–H groups in total. The van der Waals surface area contributed by atoms with E-state index < -0.39 is 0 Å². The topological polar surface area (TPSA) is 98.6 Å². The maximum Gasteiger partial charge on any atom is 0.272 e. The Morgan fingerprint density at radius 3 is 2.56 bits per heavy atom. The summed E-state index contributed by atoms with van der Waals surface area (Å²) in [6, 6.07) is 5.50. The molecule has 0 aliphatic heterocycles. The average molecular weight is 527 g/mol. The Kier molecular flexibility index (Phi) is 7.66. The maximum atomic E-state index is 12.7. The van der Waals surface area contributed by atoms with E-state index in [1.54, 1.807) is 29.6 Å². The predicted octanol–water partition coefficient (Wildman–Crippen LogP) is 5.46. The minimum absolute atomic E-state index is 0.100. The van der Waals surface area contributed by atoms with E-state index in [0.717, 1.165) is 22.3 Å². The molecule has 0 unspecified atom stereocenters. The van der Waals surface area contributed by atoms with Crippen LogP contribution in [0, 0.1) is 6.92 Å². The quantitative estimate of drug-likeness (QED) is 0.327. The number of fused-ring (bicyclic) bond motifs is 1. The third-order valence-electron chi connectivity index (χ3n) is 6.13. The Morgan fingerprint density at radius 2 is 1.92 bits per heavy atom. The van der Waals surface area contributed by atoms with Crippen LogP contribution in [0.3, 0.4) is 0 Å². The van der Waals surface area contributed by atoms with E-state index in [0.29, 0.717) is 59.7 Å². The highest BCUT2D eigenvalue weighted by Crippen LogP contribution is 2.41. The number of nitrogens with two attached hydrogens (primary N) is 1. The number of imidazole rings is 1. The molecule has 4 aromatic rings. The summed E-state index contributed by atoms with van der Waals surface area (Å²) in [5.74, 6) is 1.56. The molecule has 0 radical (unpaired) electrons. The molecular weight excluding hydrogens is 499 g/mol. The zero-order valence-electron chi connectivity index (χ0n) is 20.7. The first-order valence-electron chi connectivity index (χ1n) is 11.8. The lowest BCUT2D eigenvalue weighted by Gasteiger charge is -2.20. The van der Waals surface area contributed by atoms with Crippen molar-refractivity contribution in [3.8, 4) is 16.9 Å². The van der Waals surface area contributed by atoms with Crippen molar-refractivity contribution < 1.29 is 9.53 Å². The van der Waals surface area contributed by atoms with Crippen molar-refractivity contribution in [2.24, 2.45) is 0 Å². The number of carbonyl (C=O) groups is 1. The van der Waals surface area contributed by atoms with Gasteiger partial charge in [0.25, 0.3) is 5.91 Å². The van der Waals surface area contributed by atoms with Crippen molar-refractivity contribution >= 4 is 40.4 Å². The fourth-order valence-corrected chi connectivity index (χ4v) is 4.79. The van der Waals surface area contributed by atoms with Crippen LogP contribution in [0.2, 0.25) is 10.2 Å². The number of rotatable bonds is 8. The first-order chi connectivity index (χ1) is 17.3. The minimum atomic E-state index is -0.100. The molecule has 0 fully saturated rings. The van der Waals surface area contributed by atoms with Gasteiger partial charge in [0.2, 0.25) is 0 Å². The highest BCUT2D eigenvalue weighted by atomic mass is 35.5. The van der Waals surface area contributed by atoms with E-state index >= 15 is 0 Å². The number of carbonyl (C=O) groups excluding carboxylic acids is 1. The first kappa shape index (κ1) is 25.7. The number of nitrogens with zero attached hydrogens (tertiary/aromatic N) is 5. The second-order valence-electron chi connectivity index (χ2n) is 8.22. The molecule has 188 valence electrons. The van der Waals surface area contributed by atoms with Crippen LogP contribution in [-0.4, -0.2) is 49.9 Å². The highest BCUT2D eigenvalue weighted by molar-refractivity contribution is 6.33. The maximum absolute atomic E-state index is 12.7. The molecule has 1 aromatic carbocycles. The fourth-order valence-electron chi connectivity index (χ4n) is 4.28. The molecule has 0 aliphatic carbocycles. The van der Waals surface area contributed by atoms with Gasteiger partial charge in [-0.2, -0.15) is 0 Å². The molecule has 3 heterocycles. The van der Waals surface area contributed by atoms with Gasteiger partial charge in [0.05, 0.1) is 6.61 Å². The highest BCUT2D eigenvalue weighted by Gasteiger charge is 2.22. The molecule has 0 spiro atoms. The monoisotopic (exact) mass is 526 g/mol. The molecular formula is C26H28Cl2N6O2. The summed E-state index contributed by atoms with van der Waals surface area (Å²) >= 11 is 13.1. The number of halogens is 2. The van der Waals surface area contributed by atoms with Crippen LogP contribution in [0.25, 0.3) is 16.6 Å². The zero-order valence-corrected chi connectivity index (χ0v) is 22.2. The van der Waals surface area contributed by atoms with Gasteiger partial charge in [-0.05, 0) is 45.4 Å². The summed E-state index contributed by atoms with van der Waals surface area (Å²) in [5.41, 5.74) is 10.3. The molecule has 0 saturated carbocycles. The number of benzene rings is 1. The standard InChI is InChI=1S/C26H28Cl2N6O2/c1-5-33(6-2)26(35)19-9-8-16(14-31-19)21-15(4)18(27)12-17(23(21)36-7-3)13-20-32-24(28)22-25(29)30-10-11-34(20)22/h8-12,14H,5-7,13H2,1-4H3,(H2,29,30). The van der Waals surface area contributed by atoms with Gasteiger partial charge >= 0.3 is 0 Å². The smallest absolute Gasteiger partial charge is 0.272 e. The minimum Gasteiger partial charge on any atom is -0.493 e. The van der Waals surface area contributed by atoms with Crippen molar-refractivity contribution in [1.29, 1.82) is 0 Å². The van der Waals surface area contributed by atoms with E-state index in [1.807, 2.05) is 44.2 Å². The van der Waals surface area contributed by atoms with Gasteiger partial charge in [-0.3, -0.25) is 14.2 Å². The summed E-state index contributed by atoms with van der Waals surface area (Å²) in [5, 5.41) is 0.865. The third kappa shape index (κ3) is 4.70. The number of amides is 1. The molecule has 1 amide bonds. The van der Waals surface area contributed by atoms with Gasteiger partial charge in [-0.25, -0.2) is 9.97 Å². The Hall–Kier alpha value is -3.36. The van der Waals surface area contributed by atoms with Crippen LogP contribution in [0.1, 0.15) is 48.2 Å². The van der Waals surface area contributed by atoms with Crippen molar-refractivity contribution in [2.45, 2.75) is 34.1 Å². The van der Waals surface area contributed by atoms with Gasteiger partial charge in [0.1, 0.15) is 22.8 Å². The van der Waals surface area contributed by atoms with Crippen molar-refractivity contribution in [2.75, 3.05) is 25.4 Å². The van der Waals surface area contributed by atoms with Crippen LogP contribution in [0.15, 0.2) is 36.8 Å². The number of anilines is 1. The van der Waals surface area contributed by atoms with E-state index in [9.17, 15) is 4.79 Å². The SMILES string of the molecule is CCOc1c(Cc2nc(Cl)c3c(N)nccn23)cc(Cl)c(C)c1-c1ccc(C(=O)N(CC)CC)nc1. The largest absolute Gasteiger partial charge is 0.493 e. The fraction of sp³-hybridized carbons (Fsp3) is 0.308. The average Bonchev–Trinajstić information content (AvgIpc) is 3.19. The normalized spacial score (nSPS) is 11.2. The molecule has 8 nitrogen and oxygen atoms in total. The van der Waals surface area contributed by atoms with Crippen molar-refractivity contribution in [3.63, 3.8) is 0 Å². The Balaban J connectivity index is 1.81. The van der Waals surface area contributed by atoms with Crippen LogP contribution < -0.4 is 10.5 Å². The zero-order chi connectivity index (χ0) is 26.0. The number of ether oxygens (including phenoxy) is 1. The molecule has 0 bridgehead atoms. The Bertz CT molecular complexity index is 1410. The molecule has 0 aliphatic rings. The molecule has 3 aromatic heterocycles. The van der Waals surface area contributed by atoms with Crippen LogP contribution in [0.4, 0.5) is 5.82 Å². The lowest BCUT2D eigenvalue weighted by Crippen LogP contribution is -2.31. The lowest BCUT2D eigenvalue weighted by molar-refractivity contribution is 0.0767. The molecule has 0 atom stereocenters. The molecule has 4 rings (SSSR count). The van der Waals surface area contributed by atoms with Gasteiger partial charge in [-0.15, -0.1) is 0 Å². The lowest BCUT2D eigenvalue weighted by atomic mass is 9.95. The van der Waals surface area contributed by atoms with E-state index in [1.165, 1.54) is 0 Å². The van der Waals surface area contributed by atoms with Crippen molar-refractivity contribution in [3.05, 3.63) is 69.6 Å². The molecule has 0 saturated heterocycles. The summed E-state index contributed by atoms with van der Waals surface area (Å²) in [7, 11) is 0. The molecule has 36 heavy (non-hydrogen) atoms. The van der Waals surface area contributed by atoms with Gasteiger partial charge < -0.3 is 15.4 Å². The Labute approximate surface area is 220 Å². The number of hydrogen-bond acceptors (Lipinski definition) is 6. The third-order valence-corrected chi connectivity index (χ3v) is 6.78. The van der Waals surface area contributed by atoms with Crippen LogP contribution >= 0.6 is 23.2 Å². The van der Waals surface area contributed by atoms with Crippen molar-refractivity contribution in [1.82, 2.24) is 24.3 Å². The van der Waals surface area contributed by atoms with Gasteiger partial charge in [-0.1, -0.05) is 29.3 Å². The van der Waals surface area contributed by atoms with Gasteiger partial charge in [0, 0.05) is 59.8 Å².